The van der Waals surface area contributed by atoms with Crippen LogP contribution >= 0.6 is 11.8 Å². The molecule has 2 N–H and O–H groups in total. The zero-order valence-corrected chi connectivity index (χ0v) is 12.5. The lowest BCUT2D eigenvalue weighted by molar-refractivity contribution is -0.122. The van der Waals surface area contributed by atoms with E-state index in [9.17, 15) is 4.79 Å². The van der Waals surface area contributed by atoms with Gasteiger partial charge in [0.2, 0.25) is 5.91 Å². The number of aryl methyl sites for hydroxylation is 1. The zero-order valence-electron chi connectivity index (χ0n) is 11.7. The van der Waals surface area contributed by atoms with Crippen molar-refractivity contribution in [1.82, 2.24) is 10.6 Å². The normalized spacial score (nSPS) is 25.8. The number of benzene rings is 1. The molecular weight excluding hydrogens is 268 g/mol. The summed E-state index contributed by atoms with van der Waals surface area (Å²) in [6, 6.07) is 9.06. The summed E-state index contributed by atoms with van der Waals surface area (Å²) in [4.78, 5) is 12.2. The molecule has 0 saturated carbocycles. The average Bonchev–Trinajstić information content (AvgIpc) is 2.48. The van der Waals surface area contributed by atoms with E-state index in [0.29, 0.717) is 12.5 Å². The number of amides is 1. The second kappa shape index (κ2) is 6.64. The van der Waals surface area contributed by atoms with Gasteiger partial charge in [-0.05, 0) is 30.4 Å². The van der Waals surface area contributed by atoms with E-state index in [-0.39, 0.29) is 11.9 Å². The fourth-order valence-electron chi connectivity index (χ4n) is 3.13. The SMILES string of the molecule is O=C(CC1CSCCN1)NC1CCCc2ccccc21. The Hall–Kier alpha value is -1.00. The largest absolute Gasteiger partial charge is 0.349 e. The lowest BCUT2D eigenvalue weighted by Crippen LogP contribution is -2.42. The Morgan fingerprint density at radius 1 is 1.40 bits per heavy atom. The number of carbonyl (C=O) groups is 1. The molecule has 2 aliphatic rings. The summed E-state index contributed by atoms with van der Waals surface area (Å²) in [5.41, 5.74) is 2.72. The number of rotatable bonds is 3. The van der Waals surface area contributed by atoms with Crippen LogP contribution in [0.3, 0.4) is 0 Å². The molecule has 0 aromatic heterocycles. The Morgan fingerprint density at radius 2 is 2.30 bits per heavy atom. The molecule has 1 aromatic rings. The van der Waals surface area contributed by atoms with Gasteiger partial charge in [0.15, 0.2) is 0 Å². The van der Waals surface area contributed by atoms with Crippen molar-refractivity contribution in [3.05, 3.63) is 35.4 Å². The van der Waals surface area contributed by atoms with Crippen molar-refractivity contribution in [1.29, 1.82) is 0 Å². The van der Waals surface area contributed by atoms with Crippen LogP contribution in [0.2, 0.25) is 0 Å². The highest BCUT2D eigenvalue weighted by atomic mass is 32.2. The minimum absolute atomic E-state index is 0.187. The standard InChI is InChI=1S/C16H22N2OS/c19-16(10-13-11-20-9-8-17-13)18-15-7-3-5-12-4-1-2-6-14(12)15/h1-2,4,6,13,15,17H,3,5,7-11H2,(H,18,19). The van der Waals surface area contributed by atoms with Gasteiger partial charge >= 0.3 is 0 Å². The maximum absolute atomic E-state index is 12.2. The van der Waals surface area contributed by atoms with E-state index in [1.165, 1.54) is 17.5 Å². The molecule has 3 rings (SSSR count). The molecule has 4 heteroatoms. The van der Waals surface area contributed by atoms with E-state index in [4.69, 9.17) is 0 Å². The highest BCUT2D eigenvalue weighted by Gasteiger charge is 2.23. The molecule has 3 nitrogen and oxygen atoms in total. The summed E-state index contributed by atoms with van der Waals surface area (Å²) < 4.78 is 0. The van der Waals surface area contributed by atoms with Crippen molar-refractivity contribution in [2.45, 2.75) is 37.8 Å². The van der Waals surface area contributed by atoms with E-state index in [1.807, 2.05) is 11.8 Å². The first-order valence-corrected chi connectivity index (χ1v) is 8.66. The van der Waals surface area contributed by atoms with E-state index in [0.717, 1.165) is 30.9 Å². The van der Waals surface area contributed by atoms with Crippen LogP contribution in [-0.4, -0.2) is 30.0 Å². The zero-order chi connectivity index (χ0) is 13.8. The second-order valence-electron chi connectivity index (χ2n) is 5.64. The highest BCUT2D eigenvalue weighted by Crippen LogP contribution is 2.29. The van der Waals surface area contributed by atoms with Crippen molar-refractivity contribution in [3.8, 4) is 0 Å². The summed E-state index contributed by atoms with van der Waals surface area (Å²) in [5.74, 6) is 2.40. The van der Waals surface area contributed by atoms with Crippen molar-refractivity contribution >= 4 is 17.7 Å². The van der Waals surface area contributed by atoms with Gasteiger partial charge in [0.1, 0.15) is 0 Å². The van der Waals surface area contributed by atoms with Crippen LogP contribution in [0.1, 0.15) is 36.4 Å². The Bertz CT molecular complexity index is 471. The minimum atomic E-state index is 0.187. The fraction of sp³-hybridized carbons (Fsp3) is 0.562. The molecule has 2 atom stereocenters. The summed E-state index contributed by atoms with van der Waals surface area (Å²) >= 11 is 1.94. The van der Waals surface area contributed by atoms with Crippen LogP contribution in [0.4, 0.5) is 0 Å². The molecule has 2 unspecified atom stereocenters. The average molecular weight is 290 g/mol. The van der Waals surface area contributed by atoms with E-state index >= 15 is 0 Å². The van der Waals surface area contributed by atoms with Crippen LogP contribution in [0, 0.1) is 0 Å². The van der Waals surface area contributed by atoms with Gasteiger partial charge in [-0.3, -0.25) is 4.79 Å². The molecule has 1 aliphatic heterocycles. The van der Waals surface area contributed by atoms with Crippen LogP contribution < -0.4 is 10.6 Å². The molecule has 1 aromatic carbocycles. The second-order valence-corrected chi connectivity index (χ2v) is 6.79. The Labute approximate surface area is 124 Å². The quantitative estimate of drug-likeness (QED) is 0.897. The lowest BCUT2D eigenvalue weighted by Gasteiger charge is -2.28. The summed E-state index contributed by atoms with van der Waals surface area (Å²) in [7, 11) is 0. The molecule has 1 aliphatic carbocycles. The number of hydrogen-bond donors (Lipinski definition) is 2. The van der Waals surface area contributed by atoms with E-state index < -0.39 is 0 Å². The third-order valence-corrected chi connectivity index (χ3v) is 5.27. The van der Waals surface area contributed by atoms with Crippen molar-refractivity contribution in [3.63, 3.8) is 0 Å². The maximum atomic E-state index is 12.2. The molecule has 0 bridgehead atoms. The molecule has 20 heavy (non-hydrogen) atoms. The highest BCUT2D eigenvalue weighted by molar-refractivity contribution is 7.99. The third kappa shape index (κ3) is 3.36. The molecule has 0 radical (unpaired) electrons. The Balaban J connectivity index is 1.59. The molecule has 1 fully saturated rings. The third-order valence-electron chi connectivity index (χ3n) is 4.13. The van der Waals surface area contributed by atoms with Gasteiger partial charge in [-0.25, -0.2) is 0 Å². The van der Waals surface area contributed by atoms with Crippen molar-refractivity contribution in [2.75, 3.05) is 18.1 Å². The summed E-state index contributed by atoms with van der Waals surface area (Å²) in [6.45, 7) is 1.02. The molecular formula is C16H22N2OS. The smallest absolute Gasteiger partial charge is 0.222 e. The fourth-order valence-corrected chi connectivity index (χ4v) is 4.08. The van der Waals surface area contributed by atoms with Crippen LogP contribution in [0.5, 0.6) is 0 Å². The topological polar surface area (TPSA) is 41.1 Å². The molecule has 1 heterocycles. The summed E-state index contributed by atoms with van der Waals surface area (Å²) in [5, 5.41) is 6.66. The van der Waals surface area contributed by atoms with Crippen molar-refractivity contribution < 1.29 is 4.79 Å². The first-order valence-electron chi connectivity index (χ1n) is 7.51. The number of fused-ring (bicyclic) bond motifs is 1. The Morgan fingerprint density at radius 3 is 3.15 bits per heavy atom. The molecule has 0 spiro atoms. The van der Waals surface area contributed by atoms with E-state index in [2.05, 4.69) is 34.9 Å². The first-order chi connectivity index (χ1) is 9.83. The predicted octanol–water partition coefficient (Wildman–Crippen LogP) is 2.28. The van der Waals surface area contributed by atoms with Gasteiger partial charge in [-0.15, -0.1) is 0 Å². The molecule has 1 saturated heterocycles. The van der Waals surface area contributed by atoms with Gasteiger partial charge < -0.3 is 10.6 Å². The van der Waals surface area contributed by atoms with Crippen molar-refractivity contribution in [2.24, 2.45) is 0 Å². The summed E-state index contributed by atoms with van der Waals surface area (Å²) in [6.07, 6.45) is 3.98. The molecule has 1 amide bonds. The number of hydrogen-bond acceptors (Lipinski definition) is 3. The van der Waals surface area contributed by atoms with Crippen LogP contribution in [0.25, 0.3) is 0 Å². The lowest BCUT2D eigenvalue weighted by atomic mass is 9.87. The van der Waals surface area contributed by atoms with Crippen LogP contribution in [-0.2, 0) is 11.2 Å². The van der Waals surface area contributed by atoms with E-state index in [1.54, 1.807) is 0 Å². The number of carbonyl (C=O) groups excluding carboxylic acids is 1. The van der Waals surface area contributed by atoms with Gasteiger partial charge in [-0.1, -0.05) is 24.3 Å². The molecule has 108 valence electrons. The van der Waals surface area contributed by atoms with Gasteiger partial charge in [0.05, 0.1) is 6.04 Å². The maximum Gasteiger partial charge on any atom is 0.222 e. The van der Waals surface area contributed by atoms with Gasteiger partial charge in [0.25, 0.3) is 0 Å². The first kappa shape index (κ1) is 14.0. The van der Waals surface area contributed by atoms with Crippen LogP contribution in [0.15, 0.2) is 24.3 Å². The minimum Gasteiger partial charge on any atom is -0.349 e. The van der Waals surface area contributed by atoms with Gasteiger partial charge in [-0.2, -0.15) is 11.8 Å². The predicted molar refractivity (Wildman–Crippen MR) is 84.0 cm³/mol. The number of thioether (sulfide) groups is 1. The monoisotopic (exact) mass is 290 g/mol. The Kier molecular flexibility index (Phi) is 4.63. The van der Waals surface area contributed by atoms with Gasteiger partial charge in [0, 0.05) is 30.5 Å². The number of nitrogens with one attached hydrogen (secondary N) is 2.